The Morgan fingerprint density at radius 1 is 0.889 bits per heavy atom. The molecule has 9 nitrogen and oxygen atoms in total. The highest BCUT2D eigenvalue weighted by Gasteiger charge is 2.18. The number of fused-ring (bicyclic) bond motifs is 1. The van der Waals surface area contributed by atoms with Crippen LogP contribution in [-0.4, -0.2) is 33.5 Å². The molecule has 36 heavy (non-hydrogen) atoms. The molecule has 5 aromatic rings. The second kappa shape index (κ2) is 9.18. The van der Waals surface area contributed by atoms with Crippen molar-refractivity contribution in [1.29, 1.82) is 0 Å². The van der Waals surface area contributed by atoms with E-state index >= 15 is 0 Å². The predicted molar refractivity (Wildman–Crippen MR) is 135 cm³/mol. The third-order valence-corrected chi connectivity index (χ3v) is 6.20. The molecule has 5 rings (SSSR count). The van der Waals surface area contributed by atoms with Crippen LogP contribution < -0.4 is 20.7 Å². The topological polar surface area (TPSA) is 101 Å². The molecular weight excluding hydrogens is 460 g/mol. The van der Waals surface area contributed by atoms with E-state index in [1.807, 2.05) is 26.0 Å². The van der Waals surface area contributed by atoms with Gasteiger partial charge in [-0.2, -0.15) is 4.98 Å². The number of rotatable bonds is 6. The summed E-state index contributed by atoms with van der Waals surface area (Å²) in [5.41, 5.74) is 2.83. The first kappa shape index (κ1) is 23.1. The van der Waals surface area contributed by atoms with Gasteiger partial charge >= 0.3 is 5.69 Å². The van der Waals surface area contributed by atoms with Gasteiger partial charge in [-0.3, -0.25) is 9.36 Å². The number of aromatic nitrogens is 4. The van der Waals surface area contributed by atoms with E-state index < -0.39 is 5.69 Å². The summed E-state index contributed by atoms with van der Waals surface area (Å²) in [6.45, 7) is 3.91. The van der Waals surface area contributed by atoms with Crippen LogP contribution in [0.5, 0.6) is 11.5 Å². The second-order valence-electron chi connectivity index (χ2n) is 8.38. The van der Waals surface area contributed by atoms with Crippen LogP contribution >= 0.6 is 0 Å². The van der Waals surface area contributed by atoms with Crippen molar-refractivity contribution in [2.24, 2.45) is 0 Å². The summed E-state index contributed by atoms with van der Waals surface area (Å²) in [6, 6.07) is 17.8. The van der Waals surface area contributed by atoms with Gasteiger partial charge < -0.3 is 14.0 Å². The summed E-state index contributed by atoms with van der Waals surface area (Å²) in [5, 5.41) is 4.49. The van der Waals surface area contributed by atoms with Gasteiger partial charge in [0.1, 0.15) is 6.54 Å². The Balaban J connectivity index is 1.61. The van der Waals surface area contributed by atoms with Gasteiger partial charge in [0.05, 0.1) is 30.8 Å². The average Bonchev–Trinajstić information content (AvgIpc) is 3.37. The molecule has 3 aromatic carbocycles. The Bertz CT molecular complexity index is 1710. The zero-order valence-corrected chi connectivity index (χ0v) is 20.3. The molecule has 0 radical (unpaired) electrons. The van der Waals surface area contributed by atoms with Gasteiger partial charge in [-0.15, -0.1) is 0 Å². The SMILES string of the molecule is COc1ccc(-c2noc(Cn3c(=O)n(-c4ccc(C)c(C)c4)c(=O)c4ccccc43)n2)cc1OC. The van der Waals surface area contributed by atoms with E-state index in [0.717, 1.165) is 11.1 Å². The van der Waals surface area contributed by atoms with E-state index in [2.05, 4.69) is 10.1 Å². The molecule has 0 spiro atoms. The third kappa shape index (κ3) is 3.94. The standard InChI is InChI=1S/C27H24N4O5/c1-16-9-11-19(13-17(16)2)31-26(32)20-7-5-6-8-21(20)30(27(31)33)15-24-28-25(29-36-24)18-10-12-22(34-3)23(14-18)35-4/h5-14H,15H2,1-4H3. The molecule has 0 aliphatic heterocycles. The molecule has 9 heteroatoms. The Morgan fingerprint density at radius 2 is 1.67 bits per heavy atom. The normalized spacial score (nSPS) is 11.1. The van der Waals surface area contributed by atoms with Crippen LogP contribution in [0.2, 0.25) is 0 Å². The molecule has 182 valence electrons. The van der Waals surface area contributed by atoms with Crippen molar-refractivity contribution in [1.82, 2.24) is 19.3 Å². The summed E-state index contributed by atoms with van der Waals surface area (Å²) in [5.74, 6) is 1.67. The minimum absolute atomic E-state index is 0.00917. The lowest BCUT2D eigenvalue weighted by Crippen LogP contribution is -2.39. The molecule has 0 aliphatic rings. The van der Waals surface area contributed by atoms with Crippen molar-refractivity contribution in [2.45, 2.75) is 20.4 Å². The summed E-state index contributed by atoms with van der Waals surface area (Å²) in [4.78, 5) is 31.5. The first-order valence-corrected chi connectivity index (χ1v) is 11.3. The molecule has 2 heterocycles. The third-order valence-electron chi connectivity index (χ3n) is 6.20. The van der Waals surface area contributed by atoms with Gasteiger partial charge in [0.15, 0.2) is 11.5 Å². The number of benzene rings is 3. The summed E-state index contributed by atoms with van der Waals surface area (Å²) in [7, 11) is 3.11. The molecule has 0 aliphatic carbocycles. The number of para-hydroxylation sites is 1. The van der Waals surface area contributed by atoms with E-state index in [1.165, 1.54) is 9.13 Å². The fourth-order valence-corrected chi connectivity index (χ4v) is 4.11. The first-order chi connectivity index (χ1) is 17.4. The largest absolute Gasteiger partial charge is 0.493 e. The number of hydrogen-bond acceptors (Lipinski definition) is 7. The van der Waals surface area contributed by atoms with Gasteiger partial charge in [-0.1, -0.05) is 23.4 Å². The van der Waals surface area contributed by atoms with Crippen LogP contribution in [0.25, 0.3) is 28.0 Å². The van der Waals surface area contributed by atoms with Gasteiger partial charge in [-0.05, 0) is 67.4 Å². The quantitative estimate of drug-likeness (QED) is 0.360. The van der Waals surface area contributed by atoms with Crippen molar-refractivity contribution in [3.05, 3.63) is 98.5 Å². The van der Waals surface area contributed by atoms with Crippen LogP contribution in [0.15, 0.2) is 74.8 Å². The average molecular weight is 485 g/mol. The summed E-state index contributed by atoms with van der Waals surface area (Å²) >= 11 is 0. The maximum absolute atomic E-state index is 13.6. The Hall–Kier alpha value is -4.66. The van der Waals surface area contributed by atoms with Crippen LogP contribution in [0.1, 0.15) is 17.0 Å². The molecule has 0 saturated heterocycles. The van der Waals surface area contributed by atoms with Gasteiger partial charge in [0, 0.05) is 5.56 Å². The molecule has 2 aromatic heterocycles. The highest BCUT2D eigenvalue weighted by molar-refractivity contribution is 5.78. The summed E-state index contributed by atoms with van der Waals surface area (Å²) < 4.78 is 18.8. The minimum atomic E-state index is -0.493. The Labute approximate surface area is 206 Å². The molecule has 0 saturated carbocycles. The zero-order chi connectivity index (χ0) is 25.4. The highest BCUT2D eigenvalue weighted by atomic mass is 16.5. The van der Waals surface area contributed by atoms with E-state index in [1.54, 1.807) is 62.8 Å². The molecule has 0 unspecified atom stereocenters. The van der Waals surface area contributed by atoms with E-state index in [9.17, 15) is 9.59 Å². The maximum atomic E-state index is 13.6. The number of ether oxygens (including phenoxy) is 2. The van der Waals surface area contributed by atoms with E-state index in [-0.39, 0.29) is 18.0 Å². The summed E-state index contributed by atoms with van der Waals surface area (Å²) in [6.07, 6.45) is 0. The molecule has 0 fully saturated rings. The zero-order valence-electron chi connectivity index (χ0n) is 20.3. The Morgan fingerprint density at radius 3 is 2.42 bits per heavy atom. The van der Waals surface area contributed by atoms with Crippen LogP contribution in [0.4, 0.5) is 0 Å². The van der Waals surface area contributed by atoms with E-state index in [0.29, 0.717) is 39.5 Å². The van der Waals surface area contributed by atoms with Gasteiger partial charge in [0.2, 0.25) is 11.7 Å². The predicted octanol–water partition coefficient (Wildman–Crippen LogP) is 3.88. The number of methoxy groups -OCH3 is 2. The van der Waals surface area contributed by atoms with Crippen molar-refractivity contribution in [2.75, 3.05) is 14.2 Å². The number of nitrogens with zero attached hydrogens (tertiary/aromatic N) is 4. The molecular formula is C27H24N4O5. The lowest BCUT2D eigenvalue weighted by Gasteiger charge is -2.13. The highest BCUT2D eigenvalue weighted by Crippen LogP contribution is 2.31. The van der Waals surface area contributed by atoms with Crippen molar-refractivity contribution >= 4 is 10.9 Å². The second-order valence-corrected chi connectivity index (χ2v) is 8.38. The molecule has 0 bridgehead atoms. The monoisotopic (exact) mass is 484 g/mol. The van der Waals surface area contributed by atoms with E-state index in [4.69, 9.17) is 14.0 Å². The van der Waals surface area contributed by atoms with Crippen molar-refractivity contribution in [3.63, 3.8) is 0 Å². The smallest absolute Gasteiger partial charge is 0.336 e. The fraction of sp³-hybridized carbons (Fsp3) is 0.185. The molecule has 0 atom stereocenters. The van der Waals surface area contributed by atoms with Crippen molar-refractivity contribution < 1.29 is 14.0 Å². The van der Waals surface area contributed by atoms with Gasteiger partial charge in [0.25, 0.3) is 5.56 Å². The van der Waals surface area contributed by atoms with Gasteiger partial charge in [-0.25, -0.2) is 9.36 Å². The van der Waals surface area contributed by atoms with Crippen LogP contribution in [0.3, 0.4) is 0 Å². The number of aryl methyl sites for hydroxylation is 2. The minimum Gasteiger partial charge on any atom is -0.493 e. The van der Waals surface area contributed by atoms with Crippen LogP contribution in [-0.2, 0) is 6.54 Å². The van der Waals surface area contributed by atoms with Crippen molar-refractivity contribution in [3.8, 4) is 28.6 Å². The first-order valence-electron chi connectivity index (χ1n) is 11.3. The lowest BCUT2D eigenvalue weighted by atomic mass is 10.1. The number of hydrogen-bond donors (Lipinski definition) is 0. The van der Waals surface area contributed by atoms with Crippen LogP contribution in [0, 0.1) is 13.8 Å². The Kier molecular flexibility index (Phi) is 5.89. The molecule has 0 N–H and O–H groups in total. The fourth-order valence-electron chi connectivity index (χ4n) is 4.11. The maximum Gasteiger partial charge on any atom is 0.336 e. The molecule has 0 amide bonds. The lowest BCUT2D eigenvalue weighted by molar-refractivity contribution is 0.355.